The lowest BCUT2D eigenvalue weighted by atomic mass is 10.00. The van der Waals surface area contributed by atoms with Crippen LogP contribution in [0.4, 0.5) is 20.2 Å². The van der Waals surface area contributed by atoms with Crippen LogP contribution in [0.15, 0.2) is 79.0 Å². The molecule has 0 saturated heterocycles. The SMILES string of the molecule is CCN(CC)Cc1ccc(NC(=O)c2cnn3c2C(=O)N(c2ccc(C(F)(F)c4ccccc4)cc2)CC3)cc1C#N. The summed E-state index contributed by atoms with van der Waals surface area (Å²) in [5.41, 5.74) is 2.07. The Kier molecular flexibility index (Phi) is 8.13. The monoisotopic (exact) mass is 568 g/mol. The Morgan fingerprint density at radius 1 is 1.02 bits per heavy atom. The van der Waals surface area contributed by atoms with Crippen molar-refractivity contribution < 1.29 is 18.4 Å². The Balaban J connectivity index is 1.34. The van der Waals surface area contributed by atoms with Crippen molar-refractivity contribution in [3.8, 4) is 6.07 Å². The van der Waals surface area contributed by atoms with E-state index in [1.54, 1.807) is 30.3 Å². The van der Waals surface area contributed by atoms with E-state index in [0.29, 0.717) is 30.0 Å². The fourth-order valence-corrected chi connectivity index (χ4v) is 5.06. The minimum absolute atomic E-state index is 0.0858. The Hall–Kier alpha value is -4.88. The number of carbonyl (C=O) groups is 2. The molecule has 1 N–H and O–H groups in total. The molecule has 2 heterocycles. The molecule has 0 spiro atoms. The number of alkyl halides is 2. The van der Waals surface area contributed by atoms with Gasteiger partial charge in [0.15, 0.2) is 0 Å². The predicted molar refractivity (Wildman–Crippen MR) is 156 cm³/mol. The van der Waals surface area contributed by atoms with Crippen LogP contribution in [-0.2, 0) is 19.0 Å². The van der Waals surface area contributed by atoms with E-state index in [2.05, 4.69) is 35.2 Å². The molecule has 4 aromatic rings. The maximum Gasteiger partial charge on any atom is 0.298 e. The van der Waals surface area contributed by atoms with E-state index in [1.807, 2.05) is 6.07 Å². The van der Waals surface area contributed by atoms with Crippen LogP contribution in [0, 0.1) is 11.3 Å². The number of rotatable bonds is 9. The van der Waals surface area contributed by atoms with Crippen LogP contribution in [0.5, 0.6) is 0 Å². The number of aromatic nitrogens is 2. The number of fused-ring (bicyclic) bond motifs is 1. The molecule has 0 unspecified atom stereocenters. The molecule has 0 fully saturated rings. The highest BCUT2D eigenvalue weighted by atomic mass is 19.3. The Morgan fingerprint density at radius 2 is 1.71 bits per heavy atom. The number of nitrogens with one attached hydrogen (secondary N) is 1. The van der Waals surface area contributed by atoms with Gasteiger partial charge >= 0.3 is 0 Å². The van der Waals surface area contributed by atoms with Crippen molar-refractivity contribution in [2.24, 2.45) is 0 Å². The summed E-state index contributed by atoms with van der Waals surface area (Å²) < 4.78 is 31.5. The summed E-state index contributed by atoms with van der Waals surface area (Å²) in [6, 6.07) is 20.5. The molecule has 0 bridgehead atoms. The maximum absolute atomic E-state index is 15.0. The van der Waals surface area contributed by atoms with Crippen LogP contribution in [0.1, 0.15) is 56.9 Å². The standard InChI is InChI=1S/C32H30F2N6O2/c1-3-38(4-2)21-22-10-13-26(18-23(22)19-35)37-30(41)28-20-36-40-17-16-39(31(42)29(28)40)27-14-11-25(12-15-27)32(33,34)24-8-6-5-7-9-24/h5-15,18,20H,3-4,16-17,21H2,1-2H3,(H,37,41). The molecule has 0 atom stereocenters. The number of halogens is 2. The molecule has 42 heavy (non-hydrogen) atoms. The summed E-state index contributed by atoms with van der Waals surface area (Å²) in [5, 5.41) is 16.7. The summed E-state index contributed by atoms with van der Waals surface area (Å²) in [7, 11) is 0. The van der Waals surface area contributed by atoms with Gasteiger partial charge in [-0.2, -0.15) is 19.1 Å². The number of benzene rings is 3. The molecule has 1 aliphatic heterocycles. The summed E-state index contributed by atoms with van der Waals surface area (Å²) >= 11 is 0. The highest BCUT2D eigenvalue weighted by molar-refractivity contribution is 6.15. The first-order valence-electron chi connectivity index (χ1n) is 13.7. The lowest BCUT2D eigenvalue weighted by Crippen LogP contribution is -2.41. The summed E-state index contributed by atoms with van der Waals surface area (Å²) in [5.74, 6) is -4.19. The second kappa shape index (κ2) is 11.9. The van der Waals surface area contributed by atoms with E-state index >= 15 is 8.78 Å². The van der Waals surface area contributed by atoms with Gasteiger partial charge in [-0.25, -0.2) is 0 Å². The second-order valence-electron chi connectivity index (χ2n) is 9.97. The third kappa shape index (κ3) is 5.51. The number of nitrogens with zero attached hydrogens (tertiary/aromatic N) is 5. The topological polar surface area (TPSA) is 94.3 Å². The van der Waals surface area contributed by atoms with Gasteiger partial charge in [0.2, 0.25) is 0 Å². The Morgan fingerprint density at radius 3 is 2.38 bits per heavy atom. The van der Waals surface area contributed by atoms with E-state index in [0.717, 1.165) is 18.7 Å². The summed E-state index contributed by atoms with van der Waals surface area (Å²) in [6.45, 7) is 7.02. The van der Waals surface area contributed by atoms with Gasteiger partial charge < -0.3 is 10.2 Å². The van der Waals surface area contributed by atoms with Crippen molar-refractivity contribution in [1.82, 2.24) is 14.7 Å². The molecule has 0 saturated carbocycles. The molecule has 5 rings (SSSR count). The fourth-order valence-electron chi connectivity index (χ4n) is 5.06. The van der Waals surface area contributed by atoms with Gasteiger partial charge in [-0.3, -0.25) is 19.2 Å². The number of anilines is 2. The van der Waals surface area contributed by atoms with E-state index < -0.39 is 17.7 Å². The molecule has 1 aromatic heterocycles. The van der Waals surface area contributed by atoms with E-state index in [9.17, 15) is 14.9 Å². The molecule has 2 amide bonds. The number of amides is 2. The highest BCUT2D eigenvalue weighted by Crippen LogP contribution is 2.36. The van der Waals surface area contributed by atoms with E-state index in [1.165, 1.54) is 52.2 Å². The third-order valence-electron chi connectivity index (χ3n) is 7.52. The molecule has 1 aliphatic rings. The van der Waals surface area contributed by atoms with Gasteiger partial charge in [-0.1, -0.05) is 62.4 Å². The molecule has 8 nitrogen and oxygen atoms in total. The quantitative estimate of drug-likeness (QED) is 0.282. The normalized spacial score (nSPS) is 13.1. The molecular formula is C32H30F2N6O2. The zero-order chi connectivity index (χ0) is 29.9. The summed E-state index contributed by atoms with van der Waals surface area (Å²) in [6.07, 6.45) is 1.34. The smallest absolute Gasteiger partial charge is 0.298 e. The van der Waals surface area contributed by atoms with Crippen LogP contribution in [-0.4, -0.2) is 46.1 Å². The third-order valence-corrected chi connectivity index (χ3v) is 7.52. The Labute approximate surface area is 242 Å². The average molecular weight is 569 g/mol. The van der Waals surface area contributed by atoms with Gasteiger partial charge in [0.05, 0.1) is 29.9 Å². The van der Waals surface area contributed by atoms with Crippen molar-refractivity contribution in [2.45, 2.75) is 32.9 Å². The molecule has 0 radical (unpaired) electrons. The largest absolute Gasteiger partial charge is 0.322 e. The molecule has 10 heteroatoms. The van der Waals surface area contributed by atoms with Gasteiger partial charge in [0, 0.05) is 35.6 Å². The number of hydrogen-bond acceptors (Lipinski definition) is 5. The van der Waals surface area contributed by atoms with Crippen LogP contribution < -0.4 is 10.2 Å². The zero-order valence-corrected chi connectivity index (χ0v) is 23.3. The van der Waals surface area contributed by atoms with Crippen LogP contribution in [0.2, 0.25) is 0 Å². The first-order chi connectivity index (χ1) is 20.3. The molecular weight excluding hydrogens is 538 g/mol. The van der Waals surface area contributed by atoms with E-state index in [-0.39, 0.29) is 28.9 Å². The van der Waals surface area contributed by atoms with Crippen LogP contribution in [0.3, 0.4) is 0 Å². The van der Waals surface area contributed by atoms with Gasteiger partial charge in [0.1, 0.15) is 5.69 Å². The number of hydrogen-bond donors (Lipinski definition) is 1. The van der Waals surface area contributed by atoms with Crippen molar-refractivity contribution >= 4 is 23.2 Å². The molecule has 3 aromatic carbocycles. The lowest BCUT2D eigenvalue weighted by Gasteiger charge is -2.28. The second-order valence-corrected chi connectivity index (χ2v) is 9.97. The van der Waals surface area contributed by atoms with Crippen molar-refractivity contribution in [2.75, 3.05) is 29.9 Å². The zero-order valence-electron chi connectivity index (χ0n) is 23.3. The number of carbonyl (C=O) groups excluding carboxylic acids is 2. The summed E-state index contributed by atoms with van der Waals surface area (Å²) in [4.78, 5) is 30.5. The molecule has 0 aliphatic carbocycles. The highest BCUT2D eigenvalue weighted by Gasteiger charge is 2.35. The van der Waals surface area contributed by atoms with Crippen molar-refractivity contribution in [3.63, 3.8) is 0 Å². The maximum atomic E-state index is 15.0. The minimum Gasteiger partial charge on any atom is -0.322 e. The first kappa shape index (κ1) is 28.6. The van der Waals surface area contributed by atoms with E-state index in [4.69, 9.17) is 0 Å². The Bertz CT molecular complexity index is 1640. The molecule has 214 valence electrons. The average Bonchev–Trinajstić information content (AvgIpc) is 3.46. The minimum atomic E-state index is -3.19. The van der Waals surface area contributed by atoms with Crippen molar-refractivity contribution in [1.29, 1.82) is 5.26 Å². The fraction of sp³-hybridized carbons (Fsp3) is 0.250. The van der Waals surface area contributed by atoms with Crippen molar-refractivity contribution in [3.05, 3.63) is 113 Å². The van der Waals surface area contributed by atoms with Gasteiger partial charge in [-0.05, 0) is 42.9 Å². The predicted octanol–water partition coefficient (Wildman–Crippen LogP) is 5.65. The van der Waals surface area contributed by atoms with Crippen LogP contribution >= 0.6 is 0 Å². The first-order valence-corrected chi connectivity index (χ1v) is 13.7. The number of nitriles is 1. The van der Waals surface area contributed by atoms with Gasteiger partial charge in [0.25, 0.3) is 17.7 Å². The lowest BCUT2D eigenvalue weighted by molar-refractivity contribution is 0.0428. The van der Waals surface area contributed by atoms with Gasteiger partial charge in [-0.15, -0.1) is 0 Å². The van der Waals surface area contributed by atoms with Crippen LogP contribution in [0.25, 0.3) is 0 Å².